The van der Waals surface area contributed by atoms with E-state index in [1.807, 2.05) is 37.3 Å². The minimum absolute atomic E-state index is 0.134. The van der Waals surface area contributed by atoms with E-state index >= 15 is 0 Å². The maximum atomic E-state index is 13.0. The van der Waals surface area contributed by atoms with E-state index in [1.165, 1.54) is 5.56 Å². The minimum Gasteiger partial charge on any atom is -0.496 e. The molecule has 0 radical (unpaired) electrons. The number of ether oxygens (including phenoxy) is 1. The molecule has 0 aromatic heterocycles. The van der Waals surface area contributed by atoms with Crippen LogP contribution in [-0.2, 0) is 14.9 Å². The number of hydrogen-bond donors (Lipinski definition) is 0. The Kier molecular flexibility index (Phi) is 3.42. The summed E-state index contributed by atoms with van der Waals surface area (Å²) in [5, 5.41) is 0. The van der Waals surface area contributed by atoms with E-state index in [2.05, 4.69) is 31.2 Å². The van der Waals surface area contributed by atoms with Crippen molar-refractivity contribution in [1.29, 1.82) is 0 Å². The molecule has 2 nitrogen and oxygen atoms in total. The SMILES string of the molecule is CC1=CC(=O)[C@]2(c3ccccc3)CCOC2=C1c1ccc(C)cc1. The van der Waals surface area contributed by atoms with Gasteiger partial charge < -0.3 is 4.74 Å². The Balaban J connectivity index is 1.97. The third-order valence-electron chi connectivity index (χ3n) is 5.11. The molecule has 0 unspecified atom stereocenters. The summed E-state index contributed by atoms with van der Waals surface area (Å²) >= 11 is 0. The van der Waals surface area contributed by atoms with Crippen molar-refractivity contribution in [2.45, 2.75) is 25.7 Å². The number of aryl methyl sites for hydroxylation is 1. The minimum atomic E-state index is -0.666. The Labute approximate surface area is 142 Å². The van der Waals surface area contributed by atoms with E-state index in [0.717, 1.165) is 28.0 Å². The summed E-state index contributed by atoms with van der Waals surface area (Å²) in [7, 11) is 0. The van der Waals surface area contributed by atoms with Crippen LogP contribution < -0.4 is 0 Å². The monoisotopic (exact) mass is 316 g/mol. The summed E-state index contributed by atoms with van der Waals surface area (Å²) in [5.41, 5.74) is 4.73. The van der Waals surface area contributed by atoms with Crippen LogP contribution >= 0.6 is 0 Å². The van der Waals surface area contributed by atoms with Gasteiger partial charge in [0.25, 0.3) is 0 Å². The third-order valence-corrected chi connectivity index (χ3v) is 5.11. The van der Waals surface area contributed by atoms with Crippen molar-refractivity contribution in [1.82, 2.24) is 0 Å². The number of hydrogen-bond acceptors (Lipinski definition) is 2. The number of carbonyl (C=O) groups is 1. The zero-order chi connectivity index (χ0) is 16.7. The van der Waals surface area contributed by atoms with Crippen LogP contribution in [0.1, 0.15) is 30.0 Å². The molecule has 2 aromatic rings. The van der Waals surface area contributed by atoms with Crippen molar-refractivity contribution in [3.8, 4) is 0 Å². The van der Waals surface area contributed by atoms with Crippen LogP contribution in [0.4, 0.5) is 0 Å². The van der Waals surface area contributed by atoms with Gasteiger partial charge in [-0.25, -0.2) is 0 Å². The summed E-state index contributed by atoms with van der Waals surface area (Å²) in [6, 6.07) is 18.5. The highest BCUT2D eigenvalue weighted by atomic mass is 16.5. The van der Waals surface area contributed by atoms with E-state index in [-0.39, 0.29) is 5.78 Å². The van der Waals surface area contributed by atoms with Crippen molar-refractivity contribution >= 4 is 11.4 Å². The fourth-order valence-corrected chi connectivity index (χ4v) is 3.85. The molecular weight excluding hydrogens is 296 g/mol. The molecule has 1 heterocycles. The molecule has 1 saturated heterocycles. The zero-order valence-corrected chi connectivity index (χ0v) is 14.0. The predicted octanol–water partition coefficient (Wildman–Crippen LogP) is 4.59. The van der Waals surface area contributed by atoms with Crippen LogP contribution in [0.2, 0.25) is 0 Å². The van der Waals surface area contributed by atoms with Crippen molar-refractivity contribution < 1.29 is 9.53 Å². The molecule has 1 aliphatic heterocycles. The molecule has 1 atom stereocenters. The fraction of sp³-hybridized carbons (Fsp3) is 0.227. The summed E-state index contributed by atoms with van der Waals surface area (Å²) < 4.78 is 6.07. The van der Waals surface area contributed by atoms with Gasteiger partial charge in [-0.3, -0.25) is 4.79 Å². The summed E-state index contributed by atoms with van der Waals surface area (Å²) in [5.74, 6) is 0.956. The molecule has 120 valence electrons. The highest BCUT2D eigenvalue weighted by molar-refractivity contribution is 6.09. The van der Waals surface area contributed by atoms with Gasteiger partial charge in [0.2, 0.25) is 0 Å². The van der Waals surface area contributed by atoms with E-state index in [1.54, 1.807) is 6.08 Å². The highest BCUT2D eigenvalue weighted by Crippen LogP contribution is 2.50. The van der Waals surface area contributed by atoms with Crippen LogP contribution in [0.5, 0.6) is 0 Å². The van der Waals surface area contributed by atoms with Gasteiger partial charge in [0, 0.05) is 12.0 Å². The number of rotatable bonds is 2. The van der Waals surface area contributed by atoms with Gasteiger partial charge in [0.1, 0.15) is 11.2 Å². The molecule has 2 heteroatoms. The molecule has 0 spiro atoms. The van der Waals surface area contributed by atoms with Crippen LogP contribution in [0.25, 0.3) is 5.57 Å². The van der Waals surface area contributed by atoms with Crippen LogP contribution in [-0.4, -0.2) is 12.4 Å². The molecule has 0 N–H and O–H groups in total. The molecule has 1 aliphatic carbocycles. The molecule has 2 aliphatic rings. The van der Waals surface area contributed by atoms with Crippen molar-refractivity contribution in [2.75, 3.05) is 6.61 Å². The van der Waals surface area contributed by atoms with Crippen LogP contribution in [0, 0.1) is 6.92 Å². The summed E-state index contributed by atoms with van der Waals surface area (Å²) in [6.07, 6.45) is 2.49. The fourth-order valence-electron chi connectivity index (χ4n) is 3.85. The normalized spacial score (nSPS) is 22.9. The van der Waals surface area contributed by atoms with Gasteiger partial charge in [0.15, 0.2) is 5.78 Å². The van der Waals surface area contributed by atoms with Gasteiger partial charge in [-0.15, -0.1) is 0 Å². The van der Waals surface area contributed by atoms with Crippen LogP contribution in [0.3, 0.4) is 0 Å². The maximum Gasteiger partial charge on any atom is 0.174 e. The molecule has 24 heavy (non-hydrogen) atoms. The number of ketones is 1. The molecular formula is C22H20O2. The largest absolute Gasteiger partial charge is 0.496 e. The second kappa shape index (κ2) is 5.48. The summed E-state index contributed by atoms with van der Waals surface area (Å²) in [6.45, 7) is 4.65. The van der Waals surface area contributed by atoms with Crippen molar-refractivity contribution in [3.63, 3.8) is 0 Å². The standard InChI is InChI=1S/C22H20O2/c1-15-8-10-17(11-9-15)20-16(2)14-19(23)22(12-13-24-21(20)22)18-6-4-3-5-7-18/h3-11,14H,12-13H2,1-2H3/t22-/m1/s1. The molecule has 0 bridgehead atoms. The molecule has 1 fully saturated rings. The van der Waals surface area contributed by atoms with Gasteiger partial charge in [-0.1, -0.05) is 60.2 Å². The van der Waals surface area contributed by atoms with E-state index in [0.29, 0.717) is 13.0 Å². The highest BCUT2D eigenvalue weighted by Gasteiger charge is 2.51. The second-order valence-electron chi connectivity index (χ2n) is 6.63. The number of allylic oxidation sites excluding steroid dienone is 4. The van der Waals surface area contributed by atoms with Gasteiger partial charge in [0.05, 0.1) is 6.61 Å². The lowest BCUT2D eigenvalue weighted by Crippen LogP contribution is -2.37. The van der Waals surface area contributed by atoms with Crippen molar-refractivity contribution in [3.05, 3.63) is 88.7 Å². The average Bonchev–Trinajstić information content (AvgIpc) is 3.03. The summed E-state index contributed by atoms with van der Waals surface area (Å²) in [4.78, 5) is 13.0. The first-order valence-electron chi connectivity index (χ1n) is 8.36. The number of benzene rings is 2. The van der Waals surface area contributed by atoms with Crippen molar-refractivity contribution in [2.24, 2.45) is 0 Å². The van der Waals surface area contributed by atoms with Gasteiger partial charge in [-0.2, -0.15) is 0 Å². The second-order valence-corrected chi connectivity index (χ2v) is 6.63. The Hall–Kier alpha value is -2.61. The first kappa shape index (κ1) is 14.9. The lowest BCUT2D eigenvalue weighted by Gasteiger charge is -2.32. The molecule has 0 amide bonds. The quantitative estimate of drug-likeness (QED) is 0.810. The smallest absolute Gasteiger partial charge is 0.174 e. The predicted molar refractivity (Wildman–Crippen MR) is 95.6 cm³/mol. The molecule has 4 rings (SSSR count). The van der Waals surface area contributed by atoms with E-state index < -0.39 is 5.41 Å². The van der Waals surface area contributed by atoms with Gasteiger partial charge >= 0.3 is 0 Å². The maximum absolute atomic E-state index is 13.0. The Morgan fingerprint density at radius 1 is 0.958 bits per heavy atom. The number of fused-ring (bicyclic) bond motifs is 1. The van der Waals surface area contributed by atoms with Crippen LogP contribution in [0.15, 0.2) is 72.0 Å². The lowest BCUT2D eigenvalue weighted by atomic mass is 9.68. The Bertz CT molecular complexity index is 857. The topological polar surface area (TPSA) is 26.3 Å². The van der Waals surface area contributed by atoms with E-state index in [4.69, 9.17) is 4.74 Å². The van der Waals surface area contributed by atoms with E-state index in [9.17, 15) is 4.79 Å². The van der Waals surface area contributed by atoms with Gasteiger partial charge in [-0.05, 0) is 36.6 Å². The first-order valence-corrected chi connectivity index (χ1v) is 8.36. The first-order chi connectivity index (χ1) is 11.6. The third kappa shape index (κ3) is 2.06. The zero-order valence-electron chi connectivity index (χ0n) is 14.0. The molecule has 2 aromatic carbocycles. The average molecular weight is 316 g/mol. The Morgan fingerprint density at radius 2 is 1.67 bits per heavy atom. The molecule has 0 saturated carbocycles. The Morgan fingerprint density at radius 3 is 2.38 bits per heavy atom. The number of carbonyl (C=O) groups excluding carboxylic acids is 1. The lowest BCUT2D eigenvalue weighted by molar-refractivity contribution is -0.118.